The topological polar surface area (TPSA) is 75.7 Å². The fourth-order valence-corrected chi connectivity index (χ4v) is 6.04. The number of aryl methyl sites for hydroxylation is 2. The van der Waals surface area contributed by atoms with E-state index in [4.69, 9.17) is 4.74 Å². The number of carbonyl (C=O) groups is 1. The monoisotopic (exact) mass is 492 g/mol. The second-order valence-corrected chi connectivity index (χ2v) is 10.8. The first-order valence-electron chi connectivity index (χ1n) is 12.0. The molecule has 0 fully saturated rings. The SMILES string of the molecule is CCOc1ccc(S(=O)(=O)N(CC(=O)N[C@@H]2CCCc3ccccc32)Cc2ccccc2)cc1C. The standard InChI is InChI=1S/C28H32N2O4S/c1-3-34-27-17-16-24(18-21(27)2)35(32,33)30(19-22-10-5-4-6-11-22)20-28(31)29-26-15-9-13-23-12-7-8-14-25(23)26/h4-8,10-12,14,16-18,26H,3,9,13,15,19-20H2,1-2H3,(H,29,31)/t26-/m1/s1. The highest BCUT2D eigenvalue weighted by Gasteiger charge is 2.29. The van der Waals surface area contributed by atoms with Gasteiger partial charge in [-0.3, -0.25) is 4.79 Å². The number of benzene rings is 3. The lowest BCUT2D eigenvalue weighted by molar-refractivity contribution is -0.122. The Morgan fingerprint density at radius 1 is 1.06 bits per heavy atom. The minimum atomic E-state index is -3.93. The predicted molar refractivity (Wildman–Crippen MR) is 137 cm³/mol. The zero-order valence-electron chi connectivity index (χ0n) is 20.2. The number of ether oxygens (including phenoxy) is 1. The lowest BCUT2D eigenvalue weighted by Crippen LogP contribution is -2.42. The van der Waals surface area contributed by atoms with Gasteiger partial charge in [-0.2, -0.15) is 4.31 Å². The molecule has 4 rings (SSSR count). The molecule has 0 heterocycles. The molecule has 0 aromatic heterocycles. The quantitative estimate of drug-likeness (QED) is 0.467. The van der Waals surface area contributed by atoms with Crippen molar-refractivity contribution in [3.63, 3.8) is 0 Å². The molecule has 6 nitrogen and oxygen atoms in total. The molecular formula is C28H32N2O4S. The van der Waals surface area contributed by atoms with Crippen LogP contribution in [-0.4, -0.2) is 31.8 Å². The number of amides is 1. The maximum absolute atomic E-state index is 13.7. The van der Waals surface area contributed by atoms with Crippen molar-refractivity contribution >= 4 is 15.9 Å². The summed E-state index contributed by atoms with van der Waals surface area (Å²) >= 11 is 0. The van der Waals surface area contributed by atoms with Crippen LogP contribution in [0.15, 0.2) is 77.7 Å². The van der Waals surface area contributed by atoms with E-state index in [1.165, 1.54) is 9.87 Å². The third kappa shape index (κ3) is 5.92. The zero-order valence-corrected chi connectivity index (χ0v) is 21.1. The first kappa shape index (κ1) is 24.9. The molecule has 184 valence electrons. The van der Waals surface area contributed by atoms with Gasteiger partial charge in [-0.1, -0.05) is 54.6 Å². The number of hydrogen-bond donors (Lipinski definition) is 1. The highest BCUT2D eigenvalue weighted by Crippen LogP contribution is 2.30. The van der Waals surface area contributed by atoms with Crippen LogP contribution >= 0.6 is 0 Å². The van der Waals surface area contributed by atoms with Crippen LogP contribution in [-0.2, 0) is 27.8 Å². The minimum Gasteiger partial charge on any atom is -0.494 e. The van der Waals surface area contributed by atoms with E-state index >= 15 is 0 Å². The van der Waals surface area contributed by atoms with E-state index in [-0.39, 0.29) is 29.9 Å². The second-order valence-electron chi connectivity index (χ2n) is 8.83. The summed E-state index contributed by atoms with van der Waals surface area (Å²) in [7, 11) is -3.93. The molecule has 35 heavy (non-hydrogen) atoms. The van der Waals surface area contributed by atoms with Gasteiger partial charge >= 0.3 is 0 Å². The first-order valence-corrected chi connectivity index (χ1v) is 13.5. The van der Waals surface area contributed by atoms with Crippen LogP contribution in [0.3, 0.4) is 0 Å². The molecule has 0 saturated carbocycles. The van der Waals surface area contributed by atoms with Gasteiger partial charge in [-0.05, 0) is 73.6 Å². The first-order chi connectivity index (χ1) is 16.9. The van der Waals surface area contributed by atoms with E-state index in [2.05, 4.69) is 11.4 Å². The molecule has 0 radical (unpaired) electrons. The van der Waals surface area contributed by atoms with Crippen LogP contribution in [0, 0.1) is 6.92 Å². The van der Waals surface area contributed by atoms with Crippen LogP contribution in [0.1, 0.15) is 48.1 Å². The number of carbonyl (C=O) groups excluding carboxylic acids is 1. The normalized spacial score (nSPS) is 15.5. The number of rotatable bonds is 9. The average molecular weight is 493 g/mol. The van der Waals surface area contributed by atoms with Crippen molar-refractivity contribution < 1.29 is 17.9 Å². The van der Waals surface area contributed by atoms with Crippen molar-refractivity contribution in [3.8, 4) is 5.75 Å². The van der Waals surface area contributed by atoms with Gasteiger partial charge in [-0.25, -0.2) is 8.42 Å². The Hall–Kier alpha value is -3.16. The molecule has 1 aliphatic carbocycles. The molecule has 1 N–H and O–H groups in total. The molecular weight excluding hydrogens is 460 g/mol. The maximum atomic E-state index is 13.7. The van der Waals surface area contributed by atoms with Crippen LogP contribution in [0.5, 0.6) is 5.75 Å². The molecule has 3 aromatic rings. The molecule has 3 aromatic carbocycles. The van der Waals surface area contributed by atoms with E-state index in [1.807, 2.05) is 62.4 Å². The van der Waals surface area contributed by atoms with Crippen molar-refractivity contribution in [2.75, 3.05) is 13.2 Å². The summed E-state index contributed by atoms with van der Waals surface area (Å²) in [5.74, 6) is 0.337. The Labute approximate surface area is 208 Å². The Bertz CT molecular complexity index is 1280. The smallest absolute Gasteiger partial charge is 0.243 e. The van der Waals surface area contributed by atoms with E-state index in [0.29, 0.717) is 12.4 Å². The van der Waals surface area contributed by atoms with Gasteiger partial charge in [-0.15, -0.1) is 0 Å². The van der Waals surface area contributed by atoms with E-state index < -0.39 is 10.0 Å². The number of nitrogens with zero attached hydrogens (tertiary/aromatic N) is 1. The molecule has 0 spiro atoms. The lowest BCUT2D eigenvalue weighted by atomic mass is 9.88. The Balaban J connectivity index is 1.58. The summed E-state index contributed by atoms with van der Waals surface area (Å²) in [4.78, 5) is 13.3. The number of hydrogen-bond acceptors (Lipinski definition) is 4. The van der Waals surface area contributed by atoms with Gasteiger partial charge < -0.3 is 10.1 Å². The van der Waals surface area contributed by atoms with E-state index in [0.717, 1.165) is 36.0 Å². The van der Waals surface area contributed by atoms with Crippen molar-refractivity contribution in [1.29, 1.82) is 0 Å². The number of nitrogens with one attached hydrogen (secondary N) is 1. The molecule has 1 amide bonds. The van der Waals surface area contributed by atoms with Gasteiger partial charge in [0.25, 0.3) is 0 Å². The fraction of sp³-hybridized carbons (Fsp3) is 0.321. The van der Waals surface area contributed by atoms with Gasteiger partial charge in [0.2, 0.25) is 15.9 Å². The van der Waals surface area contributed by atoms with Crippen molar-refractivity contribution in [1.82, 2.24) is 9.62 Å². The van der Waals surface area contributed by atoms with Crippen LogP contribution < -0.4 is 10.1 Å². The molecule has 7 heteroatoms. The van der Waals surface area contributed by atoms with Crippen LogP contribution in [0.4, 0.5) is 0 Å². The third-order valence-corrected chi connectivity index (χ3v) is 8.10. The Morgan fingerprint density at radius 2 is 1.80 bits per heavy atom. The zero-order chi connectivity index (χ0) is 24.8. The molecule has 0 bridgehead atoms. The van der Waals surface area contributed by atoms with Crippen molar-refractivity contribution in [2.45, 2.75) is 50.6 Å². The molecule has 0 saturated heterocycles. The van der Waals surface area contributed by atoms with Gasteiger partial charge in [0.1, 0.15) is 5.75 Å². The largest absolute Gasteiger partial charge is 0.494 e. The third-order valence-electron chi connectivity index (χ3n) is 6.31. The van der Waals surface area contributed by atoms with Gasteiger partial charge in [0.05, 0.1) is 24.1 Å². The summed E-state index contributed by atoms with van der Waals surface area (Å²) in [5.41, 5.74) is 3.90. The van der Waals surface area contributed by atoms with Crippen LogP contribution in [0.25, 0.3) is 0 Å². The second kappa shape index (κ2) is 11.1. The Kier molecular flexibility index (Phi) is 7.88. The highest BCUT2D eigenvalue weighted by atomic mass is 32.2. The lowest BCUT2D eigenvalue weighted by Gasteiger charge is -2.28. The summed E-state index contributed by atoms with van der Waals surface area (Å²) in [5, 5.41) is 3.09. The predicted octanol–water partition coefficient (Wildman–Crippen LogP) is 4.78. The molecule has 0 aliphatic heterocycles. The average Bonchev–Trinajstić information content (AvgIpc) is 2.86. The van der Waals surface area contributed by atoms with Gasteiger partial charge in [0.15, 0.2) is 0 Å². The fourth-order valence-electron chi connectivity index (χ4n) is 4.57. The molecule has 0 unspecified atom stereocenters. The summed E-state index contributed by atoms with van der Waals surface area (Å²) in [6.07, 6.45) is 2.82. The molecule has 1 atom stereocenters. The summed E-state index contributed by atoms with van der Waals surface area (Å²) < 4.78 is 34.2. The van der Waals surface area contributed by atoms with E-state index in [9.17, 15) is 13.2 Å². The molecule has 1 aliphatic rings. The van der Waals surface area contributed by atoms with Crippen LogP contribution in [0.2, 0.25) is 0 Å². The summed E-state index contributed by atoms with van der Waals surface area (Å²) in [6, 6.07) is 22.2. The van der Waals surface area contributed by atoms with Gasteiger partial charge in [0, 0.05) is 6.54 Å². The maximum Gasteiger partial charge on any atom is 0.243 e. The highest BCUT2D eigenvalue weighted by molar-refractivity contribution is 7.89. The van der Waals surface area contributed by atoms with E-state index in [1.54, 1.807) is 18.2 Å². The Morgan fingerprint density at radius 3 is 2.54 bits per heavy atom. The van der Waals surface area contributed by atoms with Crippen molar-refractivity contribution in [2.24, 2.45) is 0 Å². The minimum absolute atomic E-state index is 0.101. The number of sulfonamides is 1. The summed E-state index contributed by atoms with van der Waals surface area (Å²) in [6.45, 7) is 4.04. The van der Waals surface area contributed by atoms with Crippen molar-refractivity contribution in [3.05, 3.63) is 95.1 Å². The number of fused-ring (bicyclic) bond motifs is 1.